The minimum atomic E-state index is -0.0685. The van der Waals surface area contributed by atoms with Gasteiger partial charge >= 0.3 is 0 Å². The third kappa shape index (κ3) is 3.47. The lowest BCUT2D eigenvalue weighted by atomic mass is 9.98. The average molecular weight is 431 g/mol. The van der Waals surface area contributed by atoms with Crippen molar-refractivity contribution in [1.82, 2.24) is 14.9 Å². The Hall–Kier alpha value is -3.15. The van der Waals surface area contributed by atoms with E-state index in [0.717, 1.165) is 22.6 Å². The summed E-state index contributed by atoms with van der Waals surface area (Å²) in [5, 5.41) is 4.85. The number of benzene rings is 2. The van der Waals surface area contributed by atoms with Crippen molar-refractivity contribution >= 4 is 34.6 Å². The molecule has 5 rings (SSSR count). The highest BCUT2D eigenvalue weighted by molar-refractivity contribution is 7.80. The molecule has 0 bridgehead atoms. The fraction of sp³-hybridized carbons (Fsp3) is 0.0833. The van der Waals surface area contributed by atoms with Crippen LogP contribution in [0.15, 0.2) is 97.5 Å². The van der Waals surface area contributed by atoms with E-state index in [4.69, 9.17) is 23.8 Å². The standard InChI is InChI=1S/C24H19ClN4S/c25-18-9-11-20(12-10-18)29-23(22(27-24(29)30)21-8-4-5-14-26-21)17-13-15-28(16-17)19-6-2-1-3-7-19/h1-16,22-23H,(H,27,30)/t22-,23-/m1/s1. The Morgan fingerprint density at radius 2 is 1.63 bits per heavy atom. The van der Waals surface area contributed by atoms with Gasteiger partial charge in [-0.15, -0.1) is 0 Å². The molecule has 1 fully saturated rings. The lowest BCUT2D eigenvalue weighted by Gasteiger charge is -2.27. The number of para-hydroxylation sites is 1. The molecule has 30 heavy (non-hydrogen) atoms. The van der Waals surface area contributed by atoms with Gasteiger partial charge in [0.15, 0.2) is 5.11 Å². The number of anilines is 1. The molecule has 0 saturated carbocycles. The number of hydrogen-bond donors (Lipinski definition) is 1. The third-order valence-corrected chi connectivity index (χ3v) is 5.88. The van der Waals surface area contributed by atoms with Gasteiger partial charge in [0.05, 0.1) is 17.8 Å². The summed E-state index contributed by atoms with van der Waals surface area (Å²) in [5.41, 5.74) is 4.21. The fourth-order valence-electron chi connectivity index (χ4n) is 3.92. The highest BCUT2D eigenvalue weighted by atomic mass is 35.5. The van der Waals surface area contributed by atoms with Gasteiger partial charge in [-0.3, -0.25) is 4.98 Å². The quantitative estimate of drug-likeness (QED) is 0.421. The minimum absolute atomic E-state index is 0.0430. The van der Waals surface area contributed by atoms with Crippen LogP contribution in [0.25, 0.3) is 5.69 Å². The molecule has 0 radical (unpaired) electrons. The summed E-state index contributed by atoms with van der Waals surface area (Å²) >= 11 is 11.9. The van der Waals surface area contributed by atoms with E-state index in [1.807, 2.05) is 66.9 Å². The molecule has 2 aromatic heterocycles. The summed E-state index contributed by atoms with van der Waals surface area (Å²) in [6.45, 7) is 0. The van der Waals surface area contributed by atoms with Crippen LogP contribution in [0.5, 0.6) is 0 Å². The average Bonchev–Trinajstić information content (AvgIpc) is 3.40. The smallest absolute Gasteiger partial charge is 0.174 e. The van der Waals surface area contributed by atoms with Crippen molar-refractivity contribution < 1.29 is 0 Å². The Morgan fingerprint density at radius 3 is 2.37 bits per heavy atom. The largest absolute Gasteiger partial charge is 0.351 e. The van der Waals surface area contributed by atoms with E-state index in [1.54, 1.807) is 0 Å². The van der Waals surface area contributed by atoms with E-state index < -0.39 is 0 Å². The molecule has 1 N–H and O–H groups in total. The van der Waals surface area contributed by atoms with Crippen molar-refractivity contribution in [2.75, 3.05) is 4.90 Å². The van der Waals surface area contributed by atoms with Crippen molar-refractivity contribution in [3.05, 3.63) is 114 Å². The van der Waals surface area contributed by atoms with Crippen LogP contribution in [-0.2, 0) is 0 Å². The molecule has 0 unspecified atom stereocenters. The molecular formula is C24H19ClN4S. The van der Waals surface area contributed by atoms with Gasteiger partial charge in [0, 0.05) is 35.0 Å². The minimum Gasteiger partial charge on any atom is -0.351 e. The maximum Gasteiger partial charge on any atom is 0.174 e. The van der Waals surface area contributed by atoms with Crippen LogP contribution in [0.4, 0.5) is 5.69 Å². The SMILES string of the molecule is S=C1N[C@H](c2ccccn2)[C@@H](c2ccn(-c3ccccc3)c2)N1c1ccc(Cl)cc1. The Labute approximate surface area is 185 Å². The van der Waals surface area contributed by atoms with Gasteiger partial charge < -0.3 is 14.8 Å². The zero-order valence-electron chi connectivity index (χ0n) is 16.0. The van der Waals surface area contributed by atoms with Crippen LogP contribution in [0.3, 0.4) is 0 Å². The molecule has 1 aliphatic rings. The summed E-state index contributed by atoms with van der Waals surface area (Å²) in [6.07, 6.45) is 6.06. The molecule has 148 valence electrons. The van der Waals surface area contributed by atoms with E-state index in [9.17, 15) is 0 Å². The van der Waals surface area contributed by atoms with E-state index >= 15 is 0 Å². The van der Waals surface area contributed by atoms with Crippen molar-refractivity contribution in [1.29, 1.82) is 0 Å². The second-order valence-corrected chi connectivity index (χ2v) is 7.98. The molecule has 0 amide bonds. The first-order valence-electron chi connectivity index (χ1n) is 9.70. The molecule has 1 aliphatic heterocycles. The summed E-state index contributed by atoms with van der Waals surface area (Å²) in [6, 6.07) is 26.1. The van der Waals surface area contributed by atoms with E-state index in [2.05, 4.69) is 50.4 Å². The summed E-state index contributed by atoms with van der Waals surface area (Å²) in [5.74, 6) is 0. The molecule has 2 atom stereocenters. The van der Waals surface area contributed by atoms with Gasteiger partial charge in [-0.2, -0.15) is 0 Å². The van der Waals surface area contributed by atoms with Crippen LogP contribution < -0.4 is 10.2 Å². The van der Waals surface area contributed by atoms with Crippen molar-refractivity contribution in [2.24, 2.45) is 0 Å². The number of rotatable bonds is 4. The van der Waals surface area contributed by atoms with E-state index in [0.29, 0.717) is 10.1 Å². The Morgan fingerprint density at radius 1 is 0.867 bits per heavy atom. The maximum absolute atomic E-state index is 6.12. The summed E-state index contributed by atoms with van der Waals surface area (Å²) in [7, 11) is 0. The fourth-order valence-corrected chi connectivity index (χ4v) is 4.39. The first-order chi connectivity index (χ1) is 14.7. The number of nitrogens with zero attached hydrogens (tertiary/aromatic N) is 3. The molecule has 0 spiro atoms. The second-order valence-electron chi connectivity index (χ2n) is 7.16. The highest BCUT2D eigenvalue weighted by Crippen LogP contribution is 2.41. The topological polar surface area (TPSA) is 33.1 Å². The van der Waals surface area contributed by atoms with Gasteiger partial charge in [-0.05, 0) is 72.4 Å². The molecule has 3 heterocycles. The molecule has 1 saturated heterocycles. The monoisotopic (exact) mass is 430 g/mol. The molecule has 4 aromatic rings. The third-order valence-electron chi connectivity index (χ3n) is 5.31. The van der Waals surface area contributed by atoms with Gasteiger partial charge in [0.2, 0.25) is 0 Å². The van der Waals surface area contributed by atoms with E-state index in [1.165, 1.54) is 0 Å². The normalized spacial score (nSPS) is 18.4. The van der Waals surface area contributed by atoms with Crippen LogP contribution in [0.1, 0.15) is 23.3 Å². The van der Waals surface area contributed by atoms with Crippen LogP contribution in [-0.4, -0.2) is 14.7 Å². The predicted octanol–water partition coefficient (Wildman–Crippen LogP) is 5.70. The highest BCUT2D eigenvalue weighted by Gasteiger charge is 2.41. The van der Waals surface area contributed by atoms with Gasteiger partial charge in [0.25, 0.3) is 0 Å². The molecule has 0 aliphatic carbocycles. The second kappa shape index (κ2) is 7.94. The van der Waals surface area contributed by atoms with Gasteiger partial charge in [-0.1, -0.05) is 35.9 Å². The number of pyridine rings is 1. The zero-order valence-corrected chi connectivity index (χ0v) is 17.6. The molecule has 2 aromatic carbocycles. The number of aromatic nitrogens is 2. The first-order valence-corrected chi connectivity index (χ1v) is 10.5. The van der Waals surface area contributed by atoms with Crippen LogP contribution >= 0.6 is 23.8 Å². The zero-order chi connectivity index (χ0) is 20.5. The maximum atomic E-state index is 6.12. The number of hydrogen-bond acceptors (Lipinski definition) is 2. The Kier molecular flexibility index (Phi) is 4.99. The van der Waals surface area contributed by atoms with E-state index in [-0.39, 0.29) is 12.1 Å². The summed E-state index contributed by atoms with van der Waals surface area (Å²) in [4.78, 5) is 6.75. The molecular weight excluding hydrogens is 412 g/mol. The van der Waals surface area contributed by atoms with Gasteiger partial charge in [-0.25, -0.2) is 0 Å². The predicted molar refractivity (Wildman–Crippen MR) is 125 cm³/mol. The van der Waals surface area contributed by atoms with Crippen molar-refractivity contribution in [3.8, 4) is 5.69 Å². The lowest BCUT2D eigenvalue weighted by Crippen LogP contribution is -2.29. The molecule has 4 nitrogen and oxygen atoms in total. The number of thiocarbonyl (C=S) groups is 1. The molecule has 6 heteroatoms. The number of nitrogens with one attached hydrogen (secondary N) is 1. The van der Waals surface area contributed by atoms with Crippen molar-refractivity contribution in [2.45, 2.75) is 12.1 Å². The van der Waals surface area contributed by atoms with Crippen molar-refractivity contribution in [3.63, 3.8) is 0 Å². The van der Waals surface area contributed by atoms with Crippen LogP contribution in [0.2, 0.25) is 5.02 Å². The lowest BCUT2D eigenvalue weighted by molar-refractivity contribution is 0.568. The number of halogens is 1. The Bertz CT molecular complexity index is 1160. The summed E-state index contributed by atoms with van der Waals surface area (Å²) < 4.78 is 2.13. The van der Waals surface area contributed by atoms with Gasteiger partial charge in [0.1, 0.15) is 0 Å². The first kappa shape index (κ1) is 18.9. The van der Waals surface area contributed by atoms with Crippen LogP contribution in [0, 0.1) is 0 Å². The Balaban J connectivity index is 1.60.